The lowest BCUT2D eigenvalue weighted by Crippen LogP contribution is -2.48. The maximum Gasteiger partial charge on any atom is 0.226 e. The number of hydrogen-bond acceptors (Lipinski definition) is 2. The Kier molecular flexibility index (Phi) is 4.65. The molecule has 1 fully saturated rings. The third-order valence-electron chi connectivity index (χ3n) is 3.01. The van der Waals surface area contributed by atoms with Gasteiger partial charge in [0.1, 0.15) is 11.6 Å². The van der Waals surface area contributed by atoms with Gasteiger partial charge in [0.25, 0.3) is 0 Å². The van der Waals surface area contributed by atoms with E-state index in [0.717, 1.165) is 37.5 Å². The topological polar surface area (TPSA) is 55.1 Å². The Morgan fingerprint density at radius 2 is 1.83 bits per heavy atom. The largest absolute Gasteiger partial charge is 0.326 e. The molecule has 0 atom stereocenters. The molecule has 2 rings (SSSR count). The normalized spacial score (nSPS) is 16.4. The zero-order valence-corrected chi connectivity index (χ0v) is 10.5. The van der Waals surface area contributed by atoms with Gasteiger partial charge in [-0.25, -0.2) is 8.78 Å². The average molecular weight is 277 g/mol. The summed E-state index contributed by atoms with van der Waals surface area (Å²) in [4.78, 5) is 11.6. The van der Waals surface area contributed by atoms with Gasteiger partial charge in [-0.1, -0.05) is 0 Å². The van der Waals surface area contributed by atoms with Crippen molar-refractivity contribution in [3.05, 3.63) is 29.8 Å². The molecule has 1 aliphatic carbocycles. The number of nitrogens with one attached hydrogen (secondary N) is 1. The second-order valence-electron chi connectivity index (χ2n) is 4.60. The van der Waals surface area contributed by atoms with Crippen LogP contribution in [0.1, 0.15) is 25.7 Å². The predicted octanol–water partition coefficient (Wildman–Crippen LogP) is 2.60. The fraction of sp³-hybridized carbons (Fsp3) is 0.417. The van der Waals surface area contributed by atoms with Gasteiger partial charge in [-0.05, 0) is 31.4 Å². The minimum Gasteiger partial charge on any atom is -0.326 e. The van der Waals surface area contributed by atoms with Crippen LogP contribution in [0.25, 0.3) is 0 Å². The maximum absolute atomic E-state index is 12.9. The van der Waals surface area contributed by atoms with Crippen molar-refractivity contribution in [2.24, 2.45) is 5.73 Å². The number of halogens is 3. The third kappa shape index (κ3) is 3.65. The van der Waals surface area contributed by atoms with Crippen LogP contribution in [0.4, 0.5) is 14.5 Å². The summed E-state index contributed by atoms with van der Waals surface area (Å²) in [6.07, 6.45) is 2.85. The number of benzene rings is 1. The van der Waals surface area contributed by atoms with Crippen molar-refractivity contribution < 1.29 is 13.6 Å². The van der Waals surface area contributed by atoms with E-state index in [1.807, 2.05) is 0 Å². The summed E-state index contributed by atoms with van der Waals surface area (Å²) in [5, 5.41) is 2.45. The molecule has 1 saturated carbocycles. The lowest BCUT2D eigenvalue weighted by atomic mass is 9.75. The molecule has 0 aliphatic heterocycles. The summed E-state index contributed by atoms with van der Waals surface area (Å²) >= 11 is 0. The first-order valence-electron chi connectivity index (χ1n) is 5.52. The molecule has 0 radical (unpaired) electrons. The first-order valence-corrected chi connectivity index (χ1v) is 5.52. The molecule has 0 saturated heterocycles. The second kappa shape index (κ2) is 5.63. The Hall–Kier alpha value is -1.20. The van der Waals surface area contributed by atoms with Crippen molar-refractivity contribution in [1.29, 1.82) is 0 Å². The van der Waals surface area contributed by atoms with Crippen molar-refractivity contribution in [3.63, 3.8) is 0 Å². The monoisotopic (exact) mass is 276 g/mol. The van der Waals surface area contributed by atoms with Crippen molar-refractivity contribution in [2.75, 3.05) is 5.32 Å². The van der Waals surface area contributed by atoms with E-state index in [-0.39, 0.29) is 30.4 Å². The average Bonchev–Trinajstić information content (AvgIpc) is 2.12. The Bertz CT molecular complexity index is 429. The van der Waals surface area contributed by atoms with Gasteiger partial charge in [0.2, 0.25) is 5.91 Å². The van der Waals surface area contributed by atoms with E-state index in [1.165, 1.54) is 0 Å². The van der Waals surface area contributed by atoms with Gasteiger partial charge in [0.05, 0.1) is 0 Å². The quantitative estimate of drug-likeness (QED) is 0.892. The van der Waals surface area contributed by atoms with Crippen LogP contribution >= 0.6 is 12.4 Å². The van der Waals surface area contributed by atoms with Crippen molar-refractivity contribution >= 4 is 24.0 Å². The van der Waals surface area contributed by atoms with Gasteiger partial charge in [-0.3, -0.25) is 4.79 Å². The van der Waals surface area contributed by atoms with Crippen LogP contribution in [-0.2, 0) is 4.79 Å². The van der Waals surface area contributed by atoms with Crippen LogP contribution in [0, 0.1) is 11.6 Å². The number of hydrogen-bond donors (Lipinski definition) is 2. The van der Waals surface area contributed by atoms with Crippen LogP contribution in [-0.4, -0.2) is 11.4 Å². The molecule has 18 heavy (non-hydrogen) atoms. The molecule has 1 aliphatic rings. The molecule has 0 spiro atoms. The summed E-state index contributed by atoms with van der Waals surface area (Å²) in [5.41, 5.74) is 5.59. The molecule has 1 aromatic carbocycles. The van der Waals surface area contributed by atoms with Crippen molar-refractivity contribution in [3.8, 4) is 0 Å². The fourth-order valence-electron chi connectivity index (χ4n) is 1.96. The van der Waals surface area contributed by atoms with Gasteiger partial charge in [-0.15, -0.1) is 12.4 Å². The number of carbonyl (C=O) groups is 1. The highest BCUT2D eigenvalue weighted by Crippen LogP contribution is 2.32. The lowest BCUT2D eigenvalue weighted by Gasteiger charge is -2.37. The van der Waals surface area contributed by atoms with Crippen molar-refractivity contribution in [1.82, 2.24) is 0 Å². The van der Waals surface area contributed by atoms with Gasteiger partial charge in [-0.2, -0.15) is 0 Å². The SMILES string of the molecule is Cl.NC1(CC(=O)Nc2cc(F)cc(F)c2)CCC1. The minimum absolute atomic E-state index is 0. The lowest BCUT2D eigenvalue weighted by molar-refractivity contribution is -0.118. The van der Waals surface area contributed by atoms with Gasteiger partial charge in [0.15, 0.2) is 0 Å². The second-order valence-corrected chi connectivity index (χ2v) is 4.60. The molecule has 3 N–H and O–H groups in total. The van der Waals surface area contributed by atoms with E-state index in [0.29, 0.717) is 0 Å². The smallest absolute Gasteiger partial charge is 0.226 e. The molecule has 0 bridgehead atoms. The van der Waals surface area contributed by atoms with Crippen LogP contribution < -0.4 is 11.1 Å². The number of anilines is 1. The summed E-state index contributed by atoms with van der Waals surface area (Å²) < 4.78 is 25.8. The molecular formula is C12H15ClF2N2O. The molecule has 0 heterocycles. The zero-order chi connectivity index (χ0) is 12.5. The van der Waals surface area contributed by atoms with E-state index in [1.54, 1.807) is 0 Å². The van der Waals surface area contributed by atoms with Gasteiger partial charge >= 0.3 is 0 Å². The maximum atomic E-state index is 12.9. The Balaban J connectivity index is 0.00000162. The number of nitrogens with two attached hydrogens (primary N) is 1. The highest BCUT2D eigenvalue weighted by molar-refractivity contribution is 5.91. The standard InChI is InChI=1S/C12H14F2N2O.ClH/c13-8-4-9(14)6-10(5-8)16-11(17)7-12(15)2-1-3-12;/h4-6H,1-3,7,15H2,(H,16,17);1H. The fourth-order valence-corrected chi connectivity index (χ4v) is 1.96. The van der Waals surface area contributed by atoms with Crippen molar-refractivity contribution in [2.45, 2.75) is 31.2 Å². The summed E-state index contributed by atoms with van der Waals surface area (Å²) in [6.45, 7) is 0. The predicted molar refractivity (Wildman–Crippen MR) is 67.6 cm³/mol. The summed E-state index contributed by atoms with van der Waals surface area (Å²) in [6, 6.07) is 2.90. The molecule has 6 heteroatoms. The molecule has 100 valence electrons. The van der Waals surface area contributed by atoms with Gasteiger partial charge < -0.3 is 11.1 Å². The summed E-state index contributed by atoms with van der Waals surface area (Å²) in [5.74, 6) is -1.74. The van der Waals surface area contributed by atoms with E-state index in [2.05, 4.69) is 5.32 Å². The van der Waals surface area contributed by atoms with Crippen LogP contribution in [0.5, 0.6) is 0 Å². The van der Waals surface area contributed by atoms with Crippen LogP contribution in [0.2, 0.25) is 0 Å². The number of amides is 1. The molecule has 1 aromatic rings. The Morgan fingerprint density at radius 3 is 2.28 bits per heavy atom. The zero-order valence-electron chi connectivity index (χ0n) is 9.71. The summed E-state index contributed by atoms with van der Waals surface area (Å²) in [7, 11) is 0. The Morgan fingerprint density at radius 1 is 1.28 bits per heavy atom. The minimum atomic E-state index is -0.716. The highest BCUT2D eigenvalue weighted by Gasteiger charge is 2.34. The first-order chi connectivity index (χ1) is 7.97. The molecule has 1 amide bonds. The number of rotatable bonds is 3. The van der Waals surface area contributed by atoms with Crippen LogP contribution in [0.3, 0.4) is 0 Å². The van der Waals surface area contributed by atoms with E-state index >= 15 is 0 Å². The van der Waals surface area contributed by atoms with Gasteiger partial charge in [0, 0.05) is 23.7 Å². The first kappa shape index (κ1) is 14.9. The third-order valence-corrected chi connectivity index (χ3v) is 3.01. The molecule has 0 unspecified atom stereocenters. The van der Waals surface area contributed by atoms with E-state index < -0.39 is 17.2 Å². The van der Waals surface area contributed by atoms with Crippen LogP contribution in [0.15, 0.2) is 18.2 Å². The molecule has 0 aromatic heterocycles. The van der Waals surface area contributed by atoms with E-state index in [4.69, 9.17) is 5.73 Å². The highest BCUT2D eigenvalue weighted by atomic mass is 35.5. The molecule has 3 nitrogen and oxygen atoms in total. The number of carbonyl (C=O) groups excluding carboxylic acids is 1. The Labute approximate surface area is 110 Å². The molecular weight excluding hydrogens is 262 g/mol. The van der Waals surface area contributed by atoms with E-state index in [9.17, 15) is 13.6 Å².